The third-order valence-electron chi connectivity index (χ3n) is 6.04. The molecule has 1 amide bonds. The quantitative estimate of drug-likeness (QED) is 0.310. The number of carboxylic acid groups (broad SMARTS) is 1. The average Bonchev–Trinajstić information content (AvgIpc) is 2.89. The first-order valence-corrected chi connectivity index (χ1v) is 12.4. The molecule has 2 atom stereocenters. The van der Waals surface area contributed by atoms with Gasteiger partial charge in [-0.15, -0.1) is 0 Å². The molecule has 0 aliphatic carbocycles. The maximum atomic E-state index is 13.2. The predicted octanol–water partition coefficient (Wildman–Crippen LogP) is 5.94. The van der Waals surface area contributed by atoms with E-state index in [-0.39, 0.29) is 6.10 Å². The van der Waals surface area contributed by atoms with Crippen LogP contribution >= 0.6 is 0 Å². The van der Waals surface area contributed by atoms with E-state index in [4.69, 9.17) is 9.47 Å². The van der Waals surface area contributed by atoms with Gasteiger partial charge in [0, 0.05) is 12.2 Å². The summed E-state index contributed by atoms with van der Waals surface area (Å²) in [5, 5.41) is 12.2. The van der Waals surface area contributed by atoms with Crippen LogP contribution in [0.25, 0.3) is 11.1 Å². The lowest BCUT2D eigenvalue weighted by molar-refractivity contribution is -0.139. The number of benzene rings is 3. The van der Waals surface area contributed by atoms with E-state index in [0.717, 1.165) is 27.8 Å². The van der Waals surface area contributed by atoms with Gasteiger partial charge < -0.3 is 19.9 Å². The molecule has 6 heteroatoms. The van der Waals surface area contributed by atoms with E-state index in [1.54, 1.807) is 6.07 Å². The van der Waals surface area contributed by atoms with Crippen molar-refractivity contribution in [2.75, 3.05) is 13.2 Å². The summed E-state index contributed by atoms with van der Waals surface area (Å²) >= 11 is 0. The van der Waals surface area contributed by atoms with E-state index in [2.05, 4.69) is 5.32 Å². The Bertz CT molecular complexity index is 1150. The van der Waals surface area contributed by atoms with Crippen molar-refractivity contribution in [3.05, 3.63) is 95.1 Å². The van der Waals surface area contributed by atoms with E-state index in [0.29, 0.717) is 38.2 Å². The Morgan fingerprint density at radius 3 is 2.33 bits per heavy atom. The summed E-state index contributed by atoms with van der Waals surface area (Å²) in [6.45, 7) is 7.22. The third-order valence-corrected chi connectivity index (χ3v) is 6.04. The molecule has 0 aliphatic rings. The topological polar surface area (TPSA) is 84.9 Å². The second-order valence-electron chi connectivity index (χ2n) is 8.72. The molecule has 6 nitrogen and oxygen atoms in total. The van der Waals surface area contributed by atoms with Crippen LogP contribution in [-0.4, -0.2) is 36.2 Å². The molecule has 0 spiro atoms. The van der Waals surface area contributed by atoms with Gasteiger partial charge in [0.25, 0.3) is 5.91 Å². The molecule has 0 saturated heterocycles. The van der Waals surface area contributed by atoms with E-state index >= 15 is 0 Å². The van der Waals surface area contributed by atoms with Gasteiger partial charge in [0.05, 0.1) is 13.2 Å². The van der Waals surface area contributed by atoms with E-state index in [1.807, 2.05) is 87.5 Å². The molecule has 0 fully saturated rings. The van der Waals surface area contributed by atoms with Gasteiger partial charge in [-0.1, -0.05) is 74.0 Å². The minimum Gasteiger partial charge on any atom is -0.480 e. The van der Waals surface area contributed by atoms with E-state index in [1.165, 1.54) is 0 Å². The molecule has 190 valence electrons. The Morgan fingerprint density at radius 1 is 0.944 bits per heavy atom. The van der Waals surface area contributed by atoms with E-state index in [9.17, 15) is 14.7 Å². The highest BCUT2D eigenvalue weighted by Gasteiger charge is 2.22. The Labute approximate surface area is 213 Å². The zero-order valence-corrected chi connectivity index (χ0v) is 21.2. The molecule has 0 bridgehead atoms. The molecular formula is C30H35NO5. The number of amides is 1. The van der Waals surface area contributed by atoms with Crippen molar-refractivity contribution in [2.24, 2.45) is 0 Å². The standard InChI is InChI=1S/C30H35NO5/c1-4-11-27(30(33)34)31-29(32)25-17-16-22(18-26(25)24-15-10-9-12-21(24)3)19-36-28(20-35-5-2)23-13-7-6-8-14-23/h6-10,12-18,27-28H,4-5,11,19-20H2,1-3H3,(H,31,32)(H,33,34). The van der Waals surface area contributed by atoms with Crippen molar-refractivity contribution >= 4 is 11.9 Å². The van der Waals surface area contributed by atoms with Gasteiger partial charge in [-0.3, -0.25) is 4.79 Å². The maximum Gasteiger partial charge on any atom is 0.326 e. The van der Waals surface area contributed by atoms with Crippen LogP contribution in [0.2, 0.25) is 0 Å². The molecule has 2 N–H and O–H groups in total. The van der Waals surface area contributed by atoms with Gasteiger partial charge in [-0.25, -0.2) is 4.79 Å². The second kappa shape index (κ2) is 13.6. The SMILES string of the molecule is CCCC(NC(=O)c1ccc(COC(COCC)c2ccccc2)cc1-c1ccccc1C)C(=O)O. The number of nitrogens with one attached hydrogen (secondary N) is 1. The molecule has 3 aromatic rings. The zero-order chi connectivity index (χ0) is 25.9. The highest BCUT2D eigenvalue weighted by atomic mass is 16.5. The summed E-state index contributed by atoms with van der Waals surface area (Å²) in [4.78, 5) is 24.8. The first-order valence-electron chi connectivity index (χ1n) is 12.4. The molecule has 3 aromatic carbocycles. The molecule has 0 aromatic heterocycles. The summed E-state index contributed by atoms with van der Waals surface area (Å²) in [6.07, 6.45) is 0.803. The highest BCUT2D eigenvalue weighted by molar-refractivity contribution is 6.02. The number of hydrogen-bond acceptors (Lipinski definition) is 4. The smallest absolute Gasteiger partial charge is 0.326 e. The first kappa shape index (κ1) is 27.1. The van der Waals surface area contributed by atoms with Gasteiger partial charge in [0.1, 0.15) is 12.1 Å². The monoisotopic (exact) mass is 489 g/mol. The van der Waals surface area contributed by atoms with Crippen molar-refractivity contribution in [1.82, 2.24) is 5.32 Å². The molecular weight excluding hydrogens is 454 g/mol. The van der Waals surface area contributed by atoms with Crippen LogP contribution in [0.4, 0.5) is 0 Å². The normalized spacial score (nSPS) is 12.6. The summed E-state index contributed by atoms with van der Waals surface area (Å²) in [5.74, 6) is -1.44. The average molecular weight is 490 g/mol. The van der Waals surface area contributed by atoms with Crippen LogP contribution in [0.5, 0.6) is 0 Å². The fraction of sp³-hybridized carbons (Fsp3) is 0.333. The lowest BCUT2D eigenvalue weighted by Crippen LogP contribution is -2.40. The molecule has 0 radical (unpaired) electrons. The number of hydrogen-bond donors (Lipinski definition) is 2. The molecule has 0 heterocycles. The van der Waals surface area contributed by atoms with Crippen LogP contribution in [0.1, 0.15) is 59.8 Å². The van der Waals surface area contributed by atoms with Crippen molar-refractivity contribution in [3.63, 3.8) is 0 Å². The summed E-state index contributed by atoms with van der Waals surface area (Å²) in [6, 6.07) is 22.4. The number of ether oxygens (including phenoxy) is 2. The Balaban J connectivity index is 1.90. The Hall–Kier alpha value is -3.48. The molecule has 0 saturated carbocycles. The molecule has 3 rings (SSSR count). The van der Waals surface area contributed by atoms with Crippen molar-refractivity contribution in [3.8, 4) is 11.1 Å². The minimum atomic E-state index is -1.03. The molecule has 36 heavy (non-hydrogen) atoms. The first-order chi connectivity index (χ1) is 17.4. The number of aliphatic carboxylic acids is 1. The summed E-state index contributed by atoms with van der Waals surface area (Å²) in [5.41, 5.74) is 5.06. The van der Waals surface area contributed by atoms with Gasteiger partial charge >= 0.3 is 5.97 Å². The van der Waals surface area contributed by atoms with Crippen LogP contribution < -0.4 is 5.32 Å². The number of aryl methyl sites for hydroxylation is 1. The maximum absolute atomic E-state index is 13.2. The summed E-state index contributed by atoms with van der Waals surface area (Å²) in [7, 11) is 0. The van der Waals surface area contributed by atoms with Crippen molar-refractivity contribution in [2.45, 2.75) is 52.4 Å². The van der Waals surface area contributed by atoms with Crippen LogP contribution in [0.15, 0.2) is 72.8 Å². The van der Waals surface area contributed by atoms with Crippen molar-refractivity contribution in [1.29, 1.82) is 0 Å². The minimum absolute atomic E-state index is 0.221. The Kier molecular flexibility index (Phi) is 10.2. The predicted molar refractivity (Wildman–Crippen MR) is 141 cm³/mol. The second-order valence-corrected chi connectivity index (χ2v) is 8.72. The fourth-order valence-corrected chi connectivity index (χ4v) is 4.09. The highest BCUT2D eigenvalue weighted by Crippen LogP contribution is 2.29. The molecule has 0 aliphatic heterocycles. The lowest BCUT2D eigenvalue weighted by atomic mass is 9.93. The fourth-order valence-electron chi connectivity index (χ4n) is 4.09. The number of rotatable bonds is 13. The summed E-state index contributed by atoms with van der Waals surface area (Å²) < 4.78 is 11.9. The van der Waals surface area contributed by atoms with Gasteiger partial charge in [-0.2, -0.15) is 0 Å². The Morgan fingerprint density at radius 2 is 1.67 bits per heavy atom. The number of carboxylic acids is 1. The lowest BCUT2D eigenvalue weighted by Gasteiger charge is -2.20. The number of carbonyl (C=O) groups excluding carboxylic acids is 1. The van der Waals surface area contributed by atoms with Crippen LogP contribution in [-0.2, 0) is 20.9 Å². The number of carbonyl (C=O) groups is 2. The van der Waals surface area contributed by atoms with Crippen LogP contribution in [0.3, 0.4) is 0 Å². The van der Waals surface area contributed by atoms with Gasteiger partial charge in [-0.05, 0) is 60.2 Å². The van der Waals surface area contributed by atoms with Crippen LogP contribution in [0, 0.1) is 6.92 Å². The van der Waals surface area contributed by atoms with Crippen molar-refractivity contribution < 1.29 is 24.2 Å². The third kappa shape index (κ3) is 7.26. The van der Waals surface area contributed by atoms with Gasteiger partial charge in [0.2, 0.25) is 0 Å². The van der Waals surface area contributed by atoms with Gasteiger partial charge in [0.15, 0.2) is 0 Å². The van der Waals surface area contributed by atoms with E-state index < -0.39 is 17.9 Å². The largest absolute Gasteiger partial charge is 0.480 e. The molecule has 2 unspecified atom stereocenters. The zero-order valence-electron chi connectivity index (χ0n) is 21.2.